The molecule has 156 valence electrons. The fraction of sp³-hybridized carbons (Fsp3) is 0.200. The number of aromatic nitrogens is 3. The maximum absolute atomic E-state index is 6.16. The molecular weight excluding hydrogens is 406 g/mol. The zero-order valence-electron chi connectivity index (χ0n) is 17.5. The number of fused-ring (bicyclic) bond motifs is 2. The van der Waals surface area contributed by atoms with E-state index in [2.05, 4.69) is 23.6 Å². The zero-order valence-corrected chi connectivity index (χ0v) is 18.3. The van der Waals surface area contributed by atoms with Crippen molar-refractivity contribution in [3.63, 3.8) is 0 Å². The Labute approximate surface area is 186 Å². The third-order valence-corrected chi connectivity index (χ3v) is 5.92. The fourth-order valence-corrected chi connectivity index (χ4v) is 4.46. The van der Waals surface area contributed by atoms with Crippen molar-refractivity contribution in [1.82, 2.24) is 14.3 Å². The van der Waals surface area contributed by atoms with Crippen molar-refractivity contribution >= 4 is 12.2 Å². The van der Waals surface area contributed by atoms with Gasteiger partial charge in [-0.15, -0.1) is 0 Å². The second-order valence-electron chi connectivity index (χ2n) is 7.33. The molecule has 2 heterocycles. The molecule has 0 saturated carbocycles. The molecule has 0 atom stereocenters. The first kappa shape index (κ1) is 19.6. The van der Waals surface area contributed by atoms with Gasteiger partial charge in [-0.1, -0.05) is 36.4 Å². The van der Waals surface area contributed by atoms with Crippen molar-refractivity contribution < 1.29 is 9.47 Å². The third-order valence-electron chi connectivity index (χ3n) is 5.52. The summed E-state index contributed by atoms with van der Waals surface area (Å²) in [6, 6.07) is 24.0. The van der Waals surface area contributed by atoms with Crippen LogP contribution >= 0.6 is 12.2 Å². The minimum atomic E-state index is -0.150. The molecule has 0 unspecified atom stereocenters. The molecule has 0 fully saturated rings. The molecule has 1 aliphatic rings. The van der Waals surface area contributed by atoms with E-state index in [4.69, 9.17) is 26.8 Å². The van der Waals surface area contributed by atoms with E-state index in [1.165, 1.54) is 0 Å². The van der Waals surface area contributed by atoms with E-state index in [0.29, 0.717) is 11.4 Å². The number of para-hydroxylation sites is 2. The van der Waals surface area contributed by atoms with Gasteiger partial charge in [0.25, 0.3) is 0 Å². The van der Waals surface area contributed by atoms with Crippen LogP contribution in [0.5, 0.6) is 17.2 Å². The summed E-state index contributed by atoms with van der Waals surface area (Å²) in [5.41, 5.74) is 3.11. The Morgan fingerprint density at radius 2 is 1.52 bits per heavy atom. The lowest BCUT2D eigenvalue weighted by Crippen LogP contribution is -2.19. The summed E-state index contributed by atoms with van der Waals surface area (Å²) in [7, 11) is 0. The molecule has 0 saturated heterocycles. The van der Waals surface area contributed by atoms with Gasteiger partial charge >= 0.3 is 0 Å². The maximum Gasteiger partial charge on any atom is 0.199 e. The number of nitrogens with zero attached hydrogens (tertiary/aromatic N) is 3. The zero-order chi connectivity index (χ0) is 21.4. The first-order valence-corrected chi connectivity index (χ1v) is 10.9. The van der Waals surface area contributed by atoms with Gasteiger partial charge < -0.3 is 14.0 Å². The highest BCUT2D eigenvalue weighted by molar-refractivity contribution is 7.71. The molecule has 31 heavy (non-hydrogen) atoms. The molecule has 3 aromatic carbocycles. The Balaban J connectivity index is 1.68. The smallest absolute Gasteiger partial charge is 0.199 e. The van der Waals surface area contributed by atoms with Crippen LogP contribution in [0.3, 0.4) is 0 Å². The van der Waals surface area contributed by atoms with Crippen LogP contribution in [0, 0.1) is 4.77 Å². The van der Waals surface area contributed by atoms with E-state index in [1.807, 2.05) is 72.3 Å². The topological polar surface area (TPSA) is 41.2 Å². The maximum atomic E-state index is 6.16. The minimum absolute atomic E-state index is 0.150. The predicted molar refractivity (Wildman–Crippen MR) is 124 cm³/mol. The summed E-state index contributed by atoms with van der Waals surface area (Å²) in [4.78, 5) is 0. The molecule has 0 N–H and O–H groups in total. The molecule has 0 spiro atoms. The Bertz CT molecular complexity index is 1250. The Kier molecular flexibility index (Phi) is 5.08. The average Bonchev–Trinajstić information content (AvgIpc) is 3.14. The first-order valence-electron chi connectivity index (χ1n) is 10.5. The number of hydrogen-bond donors (Lipinski definition) is 0. The van der Waals surface area contributed by atoms with Crippen molar-refractivity contribution in [1.29, 1.82) is 0 Å². The van der Waals surface area contributed by atoms with Gasteiger partial charge in [0.05, 0.1) is 6.61 Å². The number of hydrogen-bond acceptors (Lipinski definition) is 4. The van der Waals surface area contributed by atoms with E-state index in [0.717, 1.165) is 46.3 Å². The van der Waals surface area contributed by atoms with Gasteiger partial charge in [0.2, 0.25) is 0 Å². The lowest BCUT2D eigenvalue weighted by molar-refractivity contribution is 0.340. The summed E-state index contributed by atoms with van der Waals surface area (Å²) in [5, 5.41) is 5.03. The average molecular weight is 430 g/mol. The van der Waals surface area contributed by atoms with Gasteiger partial charge in [0.1, 0.15) is 23.3 Å². The van der Waals surface area contributed by atoms with Crippen LogP contribution in [0.2, 0.25) is 0 Å². The molecule has 6 heteroatoms. The molecule has 1 aromatic heterocycles. The molecule has 0 amide bonds. The monoisotopic (exact) mass is 429 g/mol. The SMILES string of the molecule is CCOc1ccc(-c2nn(C3c4ccccc4Oc4ccccc43)c(=S)n2CC)cc1. The van der Waals surface area contributed by atoms with Gasteiger partial charge in [0, 0.05) is 23.2 Å². The van der Waals surface area contributed by atoms with Crippen LogP contribution in [0.25, 0.3) is 11.4 Å². The van der Waals surface area contributed by atoms with Gasteiger partial charge in [-0.3, -0.25) is 0 Å². The lowest BCUT2D eigenvalue weighted by atomic mass is 9.95. The van der Waals surface area contributed by atoms with Gasteiger partial charge in [0.15, 0.2) is 10.6 Å². The highest BCUT2D eigenvalue weighted by atomic mass is 32.1. The molecule has 0 aliphatic carbocycles. The van der Waals surface area contributed by atoms with E-state index < -0.39 is 0 Å². The minimum Gasteiger partial charge on any atom is -0.494 e. The standard InChI is InChI=1S/C25H23N3O2S/c1-3-27-24(17-13-15-18(16-14-17)29-4-2)26-28(25(27)31)23-19-9-5-7-11-21(19)30-22-12-8-6-10-20(22)23/h5-16,23H,3-4H2,1-2H3. The second-order valence-corrected chi connectivity index (χ2v) is 7.70. The number of ether oxygens (including phenoxy) is 2. The fourth-order valence-electron chi connectivity index (χ4n) is 4.09. The van der Waals surface area contributed by atoms with Crippen LogP contribution in [0.15, 0.2) is 72.8 Å². The van der Waals surface area contributed by atoms with Crippen LogP contribution in [0.1, 0.15) is 31.0 Å². The third kappa shape index (κ3) is 3.33. The molecule has 1 aliphatic heterocycles. The molecular formula is C25H23N3O2S. The Morgan fingerprint density at radius 1 is 0.903 bits per heavy atom. The summed E-state index contributed by atoms with van der Waals surface area (Å²) in [6.45, 7) is 5.44. The van der Waals surface area contributed by atoms with Crippen LogP contribution in [0.4, 0.5) is 0 Å². The van der Waals surface area contributed by atoms with Crippen LogP contribution < -0.4 is 9.47 Å². The largest absolute Gasteiger partial charge is 0.494 e. The predicted octanol–water partition coefficient (Wildman–Crippen LogP) is 6.24. The summed E-state index contributed by atoms with van der Waals surface area (Å²) in [6.07, 6.45) is 0. The van der Waals surface area contributed by atoms with Crippen molar-refractivity contribution in [2.75, 3.05) is 6.61 Å². The van der Waals surface area contributed by atoms with Gasteiger partial charge in [-0.25, -0.2) is 4.68 Å². The van der Waals surface area contributed by atoms with E-state index >= 15 is 0 Å². The van der Waals surface area contributed by atoms with Crippen molar-refractivity contribution in [2.45, 2.75) is 26.4 Å². The quantitative estimate of drug-likeness (QED) is 0.310. The summed E-state index contributed by atoms with van der Waals surface area (Å²) >= 11 is 5.92. The summed E-state index contributed by atoms with van der Waals surface area (Å²) in [5.74, 6) is 3.36. The molecule has 5 rings (SSSR count). The molecule has 5 nitrogen and oxygen atoms in total. The molecule has 0 radical (unpaired) electrons. The van der Waals surface area contributed by atoms with E-state index in [-0.39, 0.29) is 6.04 Å². The Hall–Kier alpha value is -3.38. The molecule has 0 bridgehead atoms. The van der Waals surface area contributed by atoms with Crippen molar-refractivity contribution in [3.05, 3.63) is 88.7 Å². The highest BCUT2D eigenvalue weighted by Gasteiger charge is 2.30. The summed E-state index contributed by atoms with van der Waals surface area (Å²) < 4.78 is 16.5. The number of benzene rings is 3. The highest BCUT2D eigenvalue weighted by Crippen LogP contribution is 2.44. The second kappa shape index (κ2) is 8.04. The van der Waals surface area contributed by atoms with Crippen molar-refractivity contribution in [3.8, 4) is 28.6 Å². The van der Waals surface area contributed by atoms with Gasteiger partial charge in [-0.05, 0) is 62.5 Å². The van der Waals surface area contributed by atoms with Crippen LogP contribution in [-0.2, 0) is 6.54 Å². The lowest BCUT2D eigenvalue weighted by Gasteiger charge is -2.28. The normalized spacial score (nSPS) is 12.7. The molecule has 4 aromatic rings. The van der Waals surface area contributed by atoms with Crippen molar-refractivity contribution in [2.24, 2.45) is 0 Å². The first-order chi connectivity index (χ1) is 15.2. The van der Waals surface area contributed by atoms with E-state index in [1.54, 1.807) is 0 Å². The number of rotatable bonds is 5. The Morgan fingerprint density at radius 3 is 2.10 bits per heavy atom. The van der Waals surface area contributed by atoms with E-state index in [9.17, 15) is 0 Å². The van der Waals surface area contributed by atoms with Crippen LogP contribution in [-0.4, -0.2) is 21.0 Å². The van der Waals surface area contributed by atoms with Gasteiger partial charge in [-0.2, -0.15) is 5.10 Å².